The summed E-state index contributed by atoms with van der Waals surface area (Å²) in [5.74, 6) is -0.276. The van der Waals surface area contributed by atoms with Crippen molar-refractivity contribution in [2.45, 2.75) is 50.6 Å². The van der Waals surface area contributed by atoms with Crippen LogP contribution in [0.2, 0.25) is 0 Å². The van der Waals surface area contributed by atoms with Crippen molar-refractivity contribution in [2.75, 3.05) is 25.0 Å². The second-order valence-electron chi connectivity index (χ2n) is 7.79. The van der Waals surface area contributed by atoms with Gasteiger partial charge in [0.2, 0.25) is 10.0 Å². The predicted molar refractivity (Wildman–Crippen MR) is 121 cm³/mol. The monoisotopic (exact) mass is 470 g/mol. The van der Waals surface area contributed by atoms with Crippen LogP contribution in [0.3, 0.4) is 0 Å². The van der Waals surface area contributed by atoms with E-state index in [1.165, 1.54) is 32.7 Å². The molecule has 0 aliphatic carbocycles. The van der Waals surface area contributed by atoms with Gasteiger partial charge in [0.05, 0.1) is 10.6 Å². The third-order valence-corrected chi connectivity index (χ3v) is 8.44. The zero-order valence-electron chi connectivity index (χ0n) is 17.1. The summed E-state index contributed by atoms with van der Waals surface area (Å²) < 4.78 is 26.7. The highest BCUT2D eigenvalue weighted by molar-refractivity contribution is 7.89. The number of rotatable bonds is 5. The van der Waals surface area contributed by atoms with Crippen molar-refractivity contribution in [1.82, 2.24) is 14.2 Å². The third-order valence-electron chi connectivity index (χ3n) is 5.53. The largest absolute Gasteiger partial charge is 0.298 e. The van der Waals surface area contributed by atoms with Crippen LogP contribution < -0.4 is 5.32 Å². The van der Waals surface area contributed by atoms with Gasteiger partial charge in [-0.15, -0.1) is 23.7 Å². The van der Waals surface area contributed by atoms with Crippen LogP contribution in [0.1, 0.15) is 47.6 Å². The molecule has 2 aliphatic heterocycles. The highest BCUT2D eigenvalue weighted by atomic mass is 35.5. The number of carbonyl (C=O) groups excluding carboxylic acids is 1. The number of amides is 1. The Morgan fingerprint density at radius 2 is 1.80 bits per heavy atom. The summed E-state index contributed by atoms with van der Waals surface area (Å²) >= 11 is 1.52. The normalized spacial score (nSPS) is 17.6. The lowest BCUT2D eigenvalue weighted by atomic mass is 10.1. The first-order chi connectivity index (χ1) is 13.8. The minimum Gasteiger partial charge on any atom is -0.298 e. The van der Waals surface area contributed by atoms with Crippen molar-refractivity contribution in [3.05, 3.63) is 40.4 Å². The third kappa shape index (κ3) is 4.70. The summed E-state index contributed by atoms with van der Waals surface area (Å²) in [6.45, 7) is 7.34. The SMILES string of the molecule is CC(C)N1CCc2nc(NC(=O)c3ccc(S(=O)(=O)N4CCCC4)cc3)sc2C1.Cl. The van der Waals surface area contributed by atoms with E-state index in [1.54, 1.807) is 12.1 Å². The first kappa shape index (κ1) is 23.1. The Labute approximate surface area is 187 Å². The Morgan fingerprint density at radius 1 is 1.13 bits per heavy atom. The highest BCUT2D eigenvalue weighted by Crippen LogP contribution is 2.29. The van der Waals surface area contributed by atoms with Crippen LogP contribution >= 0.6 is 23.7 Å². The summed E-state index contributed by atoms with van der Waals surface area (Å²) in [6.07, 6.45) is 2.68. The Bertz CT molecular complexity index is 1000. The average Bonchev–Trinajstić information content (AvgIpc) is 3.37. The Morgan fingerprint density at radius 3 is 2.43 bits per heavy atom. The van der Waals surface area contributed by atoms with Gasteiger partial charge in [0, 0.05) is 49.1 Å². The quantitative estimate of drug-likeness (QED) is 0.724. The lowest BCUT2D eigenvalue weighted by molar-refractivity contribution is 0.102. The first-order valence-electron chi connectivity index (χ1n) is 9.99. The molecule has 0 bridgehead atoms. The van der Waals surface area contributed by atoms with Crippen LogP contribution in [0.4, 0.5) is 5.13 Å². The van der Waals surface area contributed by atoms with Crippen molar-refractivity contribution in [2.24, 2.45) is 0 Å². The summed E-state index contributed by atoms with van der Waals surface area (Å²) in [5.41, 5.74) is 1.48. The second-order valence-corrected chi connectivity index (χ2v) is 10.8. The van der Waals surface area contributed by atoms with Crippen LogP contribution in [0, 0.1) is 0 Å². The Kier molecular flexibility index (Phi) is 7.19. The van der Waals surface area contributed by atoms with Crippen molar-refractivity contribution < 1.29 is 13.2 Å². The van der Waals surface area contributed by atoms with Gasteiger partial charge in [-0.25, -0.2) is 13.4 Å². The van der Waals surface area contributed by atoms with E-state index in [4.69, 9.17) is 0 Å². The molecule has 2 aliphatic rings. The van der Waals surface area contributed by atoms with E-state index in [2.05, 4.69) is 29.0 Å². The topological polar surface area (TPSA) is 82.6 Å². The predicted octanol–water partition coefficient (Wildman–Crippen LogP) is 3.37. The second kappa shape index (κ2) is 9.32. The standard InChI is InChI=1S/C20H26N4O3S2.ClH/c1-14(2)23-12-9-17-18(13-23)28-20(21-17)22-19(25)15-5-7-16(8-6-15)29(26,27)24-10-3-4-11-24;/h5-8,14H,3-4,9-13H2,1-2H3,(H,21,22,25);1H. The Balaban J connectivity index is 0.00000256. The fourth-order valence-electron chi connectivity index (χ4n) is 3.73. The number of hydrogen-bond acceptors (Lipinski definition) is 6. The number of nitrogens with zero attached hydrogens (tertiary/aromatic N) is 3. The molecule has 1 N–H and O–H groups in total. The molecule has 164 valence electrons. The molecule has 7 nitrogen and oxygen atoms in total. The smallest absolute Gasteiger partial charge is 0.257 e. The minimum atomic E-state index is -3.47. The summed E-state index contributed by atoms with van der Waals surface area (Å²) in [6, 6.07) is 6.63. The maximum Gasteiger partial charge on any atom is 0.257 e. The van der Waals surface area contributed by atoms with E-state index in [0.29, 0.717) is 29.8 Å². The first-order valence-corrected chi connectivity index (χ1v) is 12.2. The number of aromatic nitrogens is 1. The molecule has 2 aromatic rings. The molecule has 0 spiro atoms. The molecule has 10 heteroatoms. The van der Waals surface area contributed by atoms with Crippen LogP contribution in [-0.2, 0) is 23.0 Å². The van der Waals surface area contributed by atoms with Gasteiger partial charge in [0.25, 0.3) is 5.91 Å². The minimum absolute atomic E-state index is 0. The zero-order chi connectivity index (χ0) is 20.6. The van der Waals surface area contributed by atoms with Crippen molar-refractivity contribution in [3.8, 4) is 0 Å². The molecule has 0 saturated carbocycles. The molecule has 30 heavy (non-hydrogen) atoms. The fraction of sp³-hybridized carbons (Fsp3) is 0.500. The molecule has 0 unspecified atom stereocenters. The number of carbonyl (C=O) groups is 1. The molecule has 1 fully saturated rings. The molecule has 0 radical (unpaired) electrons. The molecule has 4 rings (SSSR count). The number of thiazole rings is 1. The van der Waals surface area contributed by atoms with E-state index in [9.17, 15) is 13.2 Å². The van der Waals surface area contributed by atoms with E-state index >= 15 is 0 Å². The summed E-state index contributed by atoms with van der Waals surface area (Å²) in [4.78, 5) is 21.0. The van der Waals surface area contributed by atoms with Crippen molar-refractivity contribution >= 4 is 44.8 Å². The van der Waals surface area contributed by atoms with Crippen LogP contribution in [0.25, 0.3) is 0 Å². The number of halogens is 1. The lowest BCUT2D eigenvalue weighted by Crippen LogP contribution is -2.35. The van der Waals surface area contributed by atoms with Gasteiger partial charge >= 0.3 is 0 Å². The van der Waals surface area contributed by atoms with E-state index in [0.717, 1.165) is 38.0 Å². The van der Waals surface area contributed by atoms with E-state index in [-0.39, 0.29) is 23.2 Å². The molecule has 1 aromatic carbocycles. The molecule has 1 saturated heterocycles. The summed E-state index contributed by atoms with van der Waals surface area (Å²) in [7, 11) is -3.47. The van der Waals surface area contributed by atoms with Crippen LogP contribution in [-0.4, -0.2) is 54.2 Å². The lowest BCUT2D eigenvalue weighted by Gasteiger charge is -2.29. The van der Waals surface area contributed by atoms with Gasteiger partial charge in [-0.05, 0) is 51.0 Å². The molecule has 1 amide bonds. The molecule has 0 atom stereocenters. The molecular weight excluding hydrogens is 444 g/mol. The van der Waals surface area contributed by atoms with Crippen LogP contribution in [0.15, 0.2) is 29.2 Å². The van der Waals surface area contributed by atoms with Crippen LogP contribution in [0.5, 0.6) is 0 Å². The zero-order valence-corrected chi connectivity index (χ0v) is 19.6. The number of hydrogen-bond donors (Lipinski definition) is 1. The maximum atomic E-state index is 12.6. The van der Waals surface area contributed by atoms with E-state index < -0.39 is 10.0 Å². The molecule has 3 heterocycles. The van der Waals surface area contributed by atoms with Gasteiger partial charge < -0.3 is 0 Å². The number of anilines is 1. The molecule has 1 aromatic heterocycles. The van der Waals surface area contributed by atoms with Gasteiger partial charge in [-0.3, -0.25) is 15.0 Å². The van der Waals surface area contributed by atoms with Gasteiger partial charge in [-0.1, -0.05) is 0 Å². The summed E-state index contributed by atoms with van der Waals surface area (Å²) in [5, 5.41) is 3.46. The number of nitrogens with one attached hydrogen (secondary N) is 1. The number of fused-ring (bicyclic) bond motifs is 1. The van der Waals surface area contributed by atoms with Crippen molar-refractivity contribution in [3.63, 3.8) is 0 Å². The van der Waals surface area contributed by atoms with Gasteiger partial charge in [-0.2, -0.15) is 4.31 Å². The van der Waals surface area contributed by atoms with Gasteiger partial charge in [0.15, 0.2) is 5.13 Å². The Hall–Kier alpha value is -1.52. The average molecular weight is 471 g/mol. The van der Waals surface area contributed by atoms with Crippen molar-refractivity contribution in [1.29, 1.82) is 0 Å². The fourth-order valence-corrected chi connectivity index (χ4v) is 6.28. The highest BCUT2D eigenvalue weighted by Gasteiger charge is 2.27. The number of benzene rings is 1. The molecular formula is C20H27ClN4O3S2. The number of sulfonamides is 1. The maximum absolute atomic E-state index is 12.6. The van der Waals surface area contributed by atoms with Gasteiger partial charge in [0.1, 0.15) is 0 Å². The van der Waals surface area contributed by atoms with E-state index in [1.807, 2.05) is 0 Å².